The van der Waals surface area contributed by atoms with Gasteiger partial charge in [0.2, 0.25) is 0 Å². The lowest BCUT2D eigenvalue weighted by molar-refractivity contribution is 0.309. The SMILES string of the molecule is CCNC(=NCC(c1cccs1)N(C)C)N(C)Cc1cc(Cl)cn1C. The maximum atomic E-state index is 6.09. The molecule has 0 fully saturated rings. The summed E-state index contributed by atoms with van der Waals surface area (Å²) in [6, 6.07) is 6.55. The van der Waals surface area contributed by atoms with E-state index in [0.29, 0.717) is 6.54 Å². The van der Waals surface area contributed by atoms with Crippen molar-refractivity contribution in [2.24, 2.45) is 12.0 Å². The Morgan fingerprint density at radius 1 is 1.40 bits per heavy atom. The smallest absolute Gasteiger partial charge is 0.194 e. The topological polar surface area (TPSA) is 35.8 Å². The monoisotopic (exact) mass is 381 g/mol. The van der Waals surface area contributed by atoms with E-state index in [4.69, 9.17) is 16.6 Å². The number of aliphatic imine (C=N–C) groups is 1. The molecule has 0 aliphatic carbocycles. The average molecular weight is 382 g/mol. The molecule has 0 aromatic carbocycles. The fourth-order valence-corrected chi connectivity index (χ4v) is 3.86. The van der Waals surface area contributed by atoms with Gasteiger partial charge in [-0.3, -0.25) is 4.99 Å². The highest BCUT2D eigenvalue weighted by Gasteiger charge is 2.16. The first-order valence-corrected chi connectivity index (χ1v) is 9.68. The third kappa shape index (κ3) is 5.49. The van der Waals surface area contributed by atoms with Crippen molar-refractivity contribution in [3.8, 4) is 0 Å². The lowest BCUT2D eigenvalue weighted by Crippen LogP contribution is -2.39. The minimum absolute atomic E-state index is 0.284. The summed E-state index contributed by atoms with van der Waals surface area (Å²) in [5.74, 6) is 0.906. The van der Waals surface area contributed by atoms with E-state index in [2.05, 4.69) is 65.3 Å². The van der Waals surface area contributed by atoms with Gasteiger partial charge in [0.1, 0.15) is 0 Å². The largest absolute Gasteiger partial charge is 0.357 e. The molecule has 2 heterocycles. The number of aryl methyl sites for hydroxylation is 1. The summed E-state index contributed by atoms with van der Waals surface area (Å²) in [7, 11) is 8.27. The van der Waals surface area contributed by atoms with E-state index in [1.165, 1.54) is 4.88 Å². The molecule has 0 saturated carbocycles. The molecule has 138 valence electrons. The molecule has 0 amide bonds. The Hall–Kier alpha value is -1.50. The van der Waals surface area contributed by atoms with Gasteiger partial charge in [-0.15, -0.1) is 11.3 Å². The lowest BCUT2D eigenvalue weighted by Gasteiger charge is -2.25. The van der Waals surface area contributed by atoms with Crippen molar-refractivity contribution in [1.82, 2.24) is 19.7 Å². The normalized spacial score (nSPS) is 13.3. The van der Waals surface area contributed by atoms with E-state index in [0.717, 1.165) is 29.8 Å². The van der Waals surface area contributed by atoms with Crippen LogP contribution in [0.1, 0.15) is 23.5 Å². The summed E-state index contributed by atoms with van der Waals surface area (Å²) in [4.78, 5) is 10.6. The Morgan fingerprint density at radius 3 is 2.68 bits per heavy atom. The van der Waals surface area contributed by atoms with Gasteiger partial charge in [0.05, 0.1) is 24.2 Å². The molecule has 2 aromatic heterocycles. The predicted octanol–water partition coefficient (Wildman–Crippen LogP) is 3.44. The van der Waals surface area contributed by atoms with Gasteiger partial charge in [0.15, 0.2) is 5.96 Å². The average Bonchev–Trinajstić information content (AvgIpc) is 3.16. The predicted molar refractivity (Wildman–Crippen MR) is 109 cm³/mol. The highest BCUT2D eigenvalue weighted by molar-refractivity contribution is 7.10. The molecule has 25 heavy (non-hydrogen) atoms. The number of hydrogen-bond donors (Lipinski definition) is 1. The molecule has 0 saturated heterocycles. The van der Waals surface area contributed by atoms with Gasteiger partial charge in [-0.1, -0.05) is 17.7 Å². The van der Waals surface area contributed by atoms with Gasteiger partial charge in [-0.25, -0.2) is 0 Å². The second-order valence-electron chi connectivity index (χ2n) is 6.31. The zero-order chi connectivity index (χ0) is 18.4. The third-order valence-electron chi connectivity index (χ3n) is 4.08. The van der Waals surface area contributed by atoms with Gasteiger partial charge in [0, 0.05) is 37.4 Å². The van der Waals surface area contributed by atoms with Crippen molar-refractivity contribution in [2.75, 3.05) is 34.2 Å². The molecule has 0 bridgehead atoms. The molecule has 1 atom stereocenters. The van der Waals surface area contributed by atoms with Crippen molar-refractivity contribution >= 4 is 28.9 Å². The number of likely N-dealkylation sites (N-methyl/N-ethyl adjacent to an activating group) is 1. The van der Waals surface area contributed by atoms with E-state index in [-0.39, 0.29) is 6.04 Å². The van der Waals surface area contributed by atoms with Gasteiger partial charge in [-0.05, 0) is 38.5 Å². The minimum Gasteiger partial charge on any atom is -0.357 e. The zero-order valence-electron chi connectivity index (χ0n) is 15.7. The van der Waals surface area contributed by atoms with Gasteiger partial charge in [-0.2, -0.15) is 0 Å². The van der Waals surface area contributed by atoms with Crippen molar-refractivity contribution in [1.29, 1.82) is 0 Å². The Labute approximate surface area is 159 Å². The number of hydrogen-bond acceptors (Lipinski definition) is 3. The van der Waals surface area contributed by atoms with Crippen LogP contribution in [0.25, 0.3) is 0 Å². The van der Waals surface area contributed by atoms with Gasteiger partial charge in [0.25, 0.3) is 0 Å². The first kappa shape index (κ1) is 19.8. The minimum atomic E-state index is 0.284. The van der Waals surface area contributed by atoms with E-state index >= 15 is 0 Å². The van der Waals surface area contributed by atoms with Crippen LogP contribution < -0.4 is 5.32 Å². The molecule has 0 spiro atoms. The van der Waals surface area contributed by atoms with Crippen LogP contribution in [0.3, 0.4) is 0 Å². The second-order valence-corrected chi connectivity index (χ2v) is 7.72. The van der Waals surface area contributed by atoms with Crippen LogP contribution in [0.4, 0.5) is 0 Å². The molecule has 1 unspecified atom stereocenters. The molecule has 0 aliphatic heterocycles. The highest BCUT2D eigenvalue weighted by atomic mass is 35.5. The van der Waals surface area contributed by atoms with E-state index in [9.17, 15) is 0 Å². The molecule has 7 heteroatoms. The lowest BCUT2D eigenvalue weighted by atomic mass is 10.2. The Morgan fingerprint density at radius 2 is 2.16 bits per heavy atom. The summed E-state index contributed by atoms with van der Waals surface area (Å²) in [6.07, 6.45) is 1.92. The Balaban J connectivity index is 2.12. The summed E-state index contributed by atoms with van der Waals surface area (Å²) in [5, 5.41) is 6.27. The molecule has 1 N–H and O–H groups in total. The molecular weight excluding hydrogens is 354 g/mol. The molecule has 2 aromatic rings. The maximum Gasteiger partial charge on any atom is 0.194 e. The number of aromatic nitrogens is 1. The van der Waals surface area contributed by atoms with Crippen molar-refractivity contribution in [3.63, 3.8) is 0 Å². The maximum absolute atomic E-state index is 6.09. The Bertz CT molecular complexity index is 678. The molecular formula is C18H28ClN5S. The van der Waals surface area contributed by atoms with E-state index in [1.807, 2.05) is 19.3 Å². The number of nitrogens with zero attached hydrogens (tertiary/aromatic N) is 4. The summed E-state index contributed by atoms with van der Waals surface area (Å²) >= 11 is 7.87. The van der Waals surface area contributed by atoms with E-state index < -0.39 is 0 Å². The van der Waals surface area contributed by atoms with Crippen molar-refractivity contribution < 1.29 is 0 Å². The van der Waals surface area contributed by atoms with Crippen LogP contribution in [0, 0.1) is 0 Å². The van der Waals surface area contributed by atoms with Crippen LogP contribution in [0.15, 0.2) is 34.8 Å². The fraction of sp³-hybridized carbons (Fsp3) is 0.500. The molecule has 0 aliphatic rings. The number of rotatable bonds is 7. The third-order valence-corrected chi connectivity index (χ3v) is 5.26. The van der Waals surface area contributed by atoms with Gasteiger partial charge >= 0.3 is 0 Å². The quantitative estimate of drug-likeness (QED) is 0.589. The highest BCUT2D eigenvalue weighted by Crippen LogP contribution is 2.23. The standard InChI is InChI=1S/C18H28ClN5S/c1-6-20-18(24(5)13-15-10-14(19)12-23(15)4)21-11-16(22(2)3)17-8-7-9-25-17/h7-10,12,16H,6,11,13H2,1-5H3,(H,20,21). The second kappa shape index (κ2) is 9.27. The van der Waals surface area contributed by atoms with Crippen LogP contribution in [-0.4, -0.2) is 54.6 Å². The summed E-state index contributed by atoms with van der Waals surface area (Å²) < 4.78 is 2.05. The van der Waals surface area contributed by atoms with Crippen LogP contribution >= 0.6 is 22.9 Å². The van der Waals surface area contributed by atoms with Crippen LogP contribution in [0.5, 0.6) is 0 Å². The van der Waals surface area contributed by atoms with Crippen molar-refractivity contribution in [3.05, 3.63) is 45.4 Å². The molecule has 5 nitrogen and oxygen atoms in total. The summed E-state index contributed by atoms with van der Waals surface area (Å²) in [6.45, 7) is 4.39. The summed E-state index contributed by atoms with van der Waals surface area (Å²) in [5.41, 5.74) is 1.15. The van der Waals surface area contributed by atoms with Crippen molar-refractivity contribution in [2.45, 2.75) is 19.5 Å². The number of halogens is 1. The van der Waals surface area contributed by atoms with Crippen LogP contribution in [-0.2, 0) is 13.6 Å². The number of nitrogens with one attached hydrogen (secondary N) is 1. The molecule has 0 radical (unpaired) electrons. The van der Waals surface area contributed by atoms with Gasteiger partial charge < -0.3 is 19.7 Å². The molecule has 2 rings (SSSR count). The Kier molecular flexibility index (Phi) is 7.35. The fourth-order valence-electron chi connectivity index (χ4n) is 2.67. The van der Waals surface area contributed by atoms with E-state index in [1.54, 1.807) is 11.3 Å². The first-order valence-electron chi connectivity index (χ1n) is 8.42. The van der Waals surface area contributed by atoms with Crippen LogP contribution in [0.2, 0.25) is 5.02 Å². The zero-order valence-corrected chi connectivity index (χ0v) is 17.2. The number of thiophene rings is 1. The number of guanidine groups is 1. The first-order chi connectivity index (χ1) is 11.9.